The number of halogens is 2. The van der Waals surface area contributed by atoms with Crippen LogP contribution in [0.25, 0.3) is 17.1 Å². The fraction of sp³-hybridized carbons (Fsp3) is 0.292. The molecular formula is C24H23ClFN5OS. The van der Waals surface area contributed by atoms with Gasteiger partial charge in [0.2, 0.25) is 0 Å². The number of hydrogen-bond acceptors (Lipinski definition) is 5. The van der Waals surface area contributed by atoms with Crippen LogP contribution in [0, 0.1) is 12.7 Å². The highest BCUT2D eigenvalue weighted by atomic mass is 35.5. The van der Waals surface area contributed by atoms with Gasteiger partial charge in [-0.3, -0.25) is 4.57 Å². The molecule has 1 aliphatic heterocycles. The van der Waals surface area contributed by atoms with Gasteiger partial charge in [-0.25, -0.2) is 9.07 Å². The number of rotatable bonds is 7. The maximum Gasteiger partial charge on any atom is 0.191 e. The van der Waals surface area contributed by atoms with Gasteiger partial charge in [-0.2, -0.15) is 5.10 Å². The highest BCUT2D eigenvalue weighted by molar-refractivity contribution is 7.98. The van der Waals surface area contributed by atoms with Crippen molar-refractivity contribution in [2.75, 3.05) is 6.61 Å². The Balaban J connectivity index is 1.43. The summed E-state index contributed by atoms with van der Waals surface area (Å²) in [6.07, 6.45) is 2.17. The Kier molecular flexibility index (Phi) is 6.48. The van der Waals surface area contributed by atoms with Crippen LogP contribution in [-0.4, -0.2) is 37.3 Å². The SMILES string of the molecule is Cc1nn(-c2ccccc2)c(Cl)c1CSc1nnc(-c2ccc(F)cc2)n1CC1CCCO1. The van der Waals surface area contributed by atoms with Crippen LogP contribution >= 0.6 is 23.4 Å². The van der Waals surface area contributed by atoms with E-state index < -0.39 is 0 Å². The molecule has 0 amide bonds. The number of hydrogen-bond donors (Lipinski definition) is 0. The predicted molar refractivity (Wildman–Crippen MR) is 127 cm³/mol. The first-order valence-corrected chi connectivity index (χ1v) is 12.2. The topological polar surface area (TPSA) is 57.8 Å². The van der Waals surface area contributed by atoms with Gasteiger partial charge < -0.3 is 4.74 Å². The summed E-state index contributed by atoms with van der Waals surface area (Å²) in [6, 6.07) is 16.2. The molecule has 3 heterocycles. The molecule has 0 N–H and O–H groups in total. The summed E-state index contributed by atoms with van der Waals surface area (Å²) in [5, 5.41) is 14.9. The van der Waals surface area contributed by atoms with Crippen LogP contribution in [0.2, 0.25) is 5.15 Å². The molecule has 1 saturated heterocycles. The first kappa shape index (κ1) is 22.1. The van der Waals surface area contributed by atoms with Gasteiger partial charge in [0.05, 0.1) is 24.0 Å². The second kappa shape index (κ2) is 9.67. The van der Waals surface area contributed by atoms with Crippen molar-refractivity contribution in [1.82, 2.24) is 24.5 Å². The van der Waals surface area contributed by atoms with Crippen LogP contribution < -0.4 is 0 Å². The Labute approximate surface area is 200 Å². The molecule has 0 radical (unpaired) electrons. The highest BCUT2D eigenvalue weighted by Crippen LogP contribution is 2.32. The molecule has 2 aromatic heterocycles. The quantitative estimate of drug-likeness (QED) is 0.315. The first-order valence-electron chi connectivity index (χ1n) is 10.8. The minimum absolute atomic E-state index is 0.116. The lowest BCUT2D eigenvalue weighted by molar-refractivity contribution is 0.0953. The van der Waals surface area contributed by atoms with Gasteiger partial charge in [-0.05, 0) is 56.2 Å². The highest BCUT2D eigenvalue weighted by Gasteiger charge is 2.23. The molecule has 6 nitrogen and oxygen atoms in total. The molecule has 1 fully saturated rings. The van der Waals surface area contributed by atoms with Crippen molar-refractivity contribution in [3.8, 4) is 17.1 Å². The molecule has 1 aliphatic rings. The van der Waals surface area contributed by atoms with Crippen molar-refractivity contribution < 1.29 is 9.13 Å². The van der Waals surface area contributed by atoms with E-state index in [0.717, 1.165) is 47.1 Å². The Hall–Kier alpha value is -2.68. The number of para-hydroxylation sites is 1. The summed E-state index contributed by atoms with van der Waals surface area (Å²) >= 11 is 8.27. The van der Waals surface area contributed by atoms with Crippen LogP contribution in [0.1, 0.15) is 24.1 Å². The molecule has 0 aliphatic carbocycles. The van der Waals surface area contributed by atoms with Crippen molar-refractivity contribution in [2.45, 2.75) is 43.3 Å². The normalized spacial score (nSPS) is 15.9. The number of thioether (sulfide) groups is 1. The van der Waals surface area contributed by atoms with E-state index in [1.807, 2.05) is 37.3 Å². The number of benzene rings is 2. The molecule has 0 spiro atoms. The van der Waals surface area contributed by atoms with Crippen LogP contribution in [0.5, 0.6) is 0 Å². The Morgan fingerprint density at radius 2 is 1.91 bits per heavy atom. The summed E-state index contributed by atoms with van der Waals surface area (Å²) in [5.74, 6) is 1.03. The van der Waals surface area contributed by atoms with E-state index in [1.54, 1.807) is 28.6 Å². The van der Waals surface area contributed by atoms with Crippen molar-refractivity contribution >= 4 is 23.4 Å². The van der Waals surface area contributed by atoms with Crippen molar-refractivity contribution in [1.29, 1.82) is 0 Å². The lowest BCUT2D eigenvalue weighted by Gasteiger charge is -2.14. The summed E-state index contributed by atoms with van der Waals surface area (Å²) < 4.78 is 23.1. The van der Waals surface area contributed by atoms with Crippen molar-refractivity contribution in [2.24, 2.45) is 0 Å². The van der Waals surface area contributed by atoms with E-state index in [-0.39, 0.29) is 11.9 Å². The van der Waals surface area contributed by atoms with Crippen molar-refractivity contribution in [3.05, 3.63) is 76.8 Å². The van der Waals surface area contributed by atoms with Gasteiger partial charge in [-0.15, -0.1) is 10.2 Å². The third-order valence-electron chi connectivity index (χ3n) is 5.70. The lowest BCUT2D eigenvalue weighted by atomic mass is 10.2. The molecule has 0 bridgehead atoms. The van der Waals surface area contributed by atoms with Crippen LogP contribution in [0.15, 0.2) is 59.8 Å². The minimum Gasteiger partial charge on any atom is -0.376 e. The minimum atomic E-state index is -0.279. The average molecular weight is 484 g/mol. The van der Waals surface area contributed by atoms with Gasteiger partial charge in [0.1, 0.15) is 11.0 Å². The Morgan fingerprint density at radius 1 is 1.12 bits per heavy atom. The third kappa shape index (κ3) is 4.69. The lowest BCUT2D eigenvalue weighted by Crippen LogP contribution is -2.16. The molecule has 170 valence electrons. The molecule has 5 rings (SSSR count). The second-order valence-corrected chi connectivity index (χ2v) is 9.25. The largest absolute Gasteiger partial charge is 0.376 e. The van der Waals surface area contributed by atoms with E-state index in [1.165, 1.54) is 12.1 Å². The predicted octanol–water partition coefficient (Wildman–Crippen LogP) is 5.70. The summed E-state index contributed by atoms with van der Waals surface area (Å²) in [7, 11) is 0. The summed E-state index contributed by atoms with van der Waals surface area (Å²) in [5.41, 5.74) is 3.57. The number of aryl methyl sites for hydroxylation is 1. The maximum atomic E-state index is 13.5. The van der Waals surface area contributed by atoms with E-state index in [0.29, 0.717) is 23.3 Å². The molecular weight excluding hydrogens is 461 g/mol. The molecule has 1 atom stereocenters. The molecule has 4 aromatic rings. The van der Waals surface area contributed by atoms with E-state index in [2.05, 4.69) is 19.9 Å². The third-order valence-corrected chi connectivity index (χ3v) is 7.08. The van der Waals surface area contributed by atoms with E-state index in [4.69, 9.17) is 16.3 Å². The monoisotopic (exact) mass is 483 g/mol. The van der Waals surface area contributed by atoms with Crippen molar-refractivity contribution in [3.63, 3.8) is 0 Å². The van der Waals surface area contributed by atoms with Gasteiger partial charge in [0.25, 0.3) is 0 Å². The fourth-order valence-corrected chi connectivity index (χ4v) is 5.39. The number of aromatic nitrogens is 5. The zero-order chi connectivity index (χ0) is 22.8. The van der Waals surface area contributed by atoms with Gasteiger partial charge in [0, 0.05) is 23.5 Å². The smallest absolute Gasteiger partial charge is 0.191 e. The van der Waals surface area contributed by atoms with E-state index in [9.17, 15) is 4.39 Å². The maximum absolute atomic E-state index is 13.5. The van der Waals surface area contributed by atoms with Crippen LogP contribution in [-0.2, 0) is 17.0 Å². The summed E-state index contributed by atoms with van der Waals surface area (Å²) in [4.78, 5) is 0. The Morgan fingerprint density at radius 3 is 2.64 bits per heavy atom. The Bertz CT molecular complexity index is 1240. The average Bonchev–Trinajstić information content (AvgIpc) is 3.55. The van der Waals surface area contributed by atoms with Gasteiger partial charge in [-0.1, -0.05) is 41.6 Å². The number of ether oxygens (including phenoxy) is 1. The zero-order valence-electron chi connectivity index (χ0n) is 18.1. The molecule has 9 heteroatoms. The zero-order valence-corrected chi connectivity index (χ0v) is 19.7. The van der Waals surface area contributed by atoms with Gasteiger partial charge >= 0.3 is 0 Å². The molecule has 33 heavy (non-hydrogen) atoms. The van der Waals surface area contributed by atoms with Crippen LogP contribution in [0.4, 0.5) is 4.39 Å². The van der Waals surface area contributed by atoms with Gasteiger partial charge in [0.15, 0.2) is 11.0 Å². The first-order chi connectivity index (χ1) is 16.1. The molecule has 0 saturated carbocycles. The van der Waals surface area contributed by atoms with Crippen LogP contribution in [0.3, 0.4) is 0 Å². The molecule has 2 aromatic carbocycles. The molecule has 1 unspecified atom stereocenters. The second-order valence-electron chi connectivity index (χ2n) is 7.95. The standard InChI is InChI=1S/C24H23ClFN5OS/c1-16-21(22(25)31(29-16)19-6-3-2-4-7-19)15-33-24-28-27-23(17-9-11-18(26)12-10-17)30(24)14-20-8-5-13-32-20/h2-4,6-7,9-12,20H,5,8,13-15H2,1H3. The van der Waals surface area contributed by atoms with E-state index >= 15 is 0 Å². The fourth-order valence-electron chi connectivity index (χ4n) is 3.94. The number of nitrogens with zero attached hydrogens (tertiary/aromatic N) is 5. The summed E-state index contributed by atoms with van der Waals surface area (Å²) in [6.45, 7) is 3.38.